The number of amides is 1. The first kappa shape index (κ1) is 16.7. The van der Waals surface area contributed by atoms with Crippen molar-refractivity contribution in [1.82, 2.24) is 10.1 Å². The first-order valence-electron chi connectivity index (χ1n) is 7.36. The van der Waals surface area contributed by atoms with Gasteiger partial charge in [-0.1, -0.05) is 39.8 Å². The Bertz CT molecular complexity index is 415. The predicted octanol–water partition coefficient (Wildman–Crippen LogP) is 3.03. The van der Waals surface area contributed by atoms with E-state index < -0.39 is 0 Å². The van der Waals surface area contributed by atoms with E-state index in [0.29, 0.717) is 12.4 Å². The first-order valence-corrected chi connectivity index (χ1v) is 7.36. The van der Waals surface area contributed by atoms with E-state index in [4.69, 9.17) is 4.52 Å². The molecule has 0 aliphatic carbocycles. The molecule has 1 heterocycles. The van der Waals surface area contributed by atoms with Gasteiger partial charge in [0.25, 0.3) is 0 Å². The summed E-state index contributed by atoms with van der Waals surface area (Å²) in [5.74, 6) is 0.372. The van der Waals surface area contributed by atoms with Crippen LogP contribution >= 0.6 is 0 Å². The van der Waals surface area contributed by atoms with Crippen molar-refractivity contribution < 1.29 is 9.32 Å². The number of anilines is 1. The number of hydrogen-bond donors (Lipinski definition) is 1. The Morgan fingerprint density at radius 3 is 2.35 bits per heavy atom. The van der Waals surface area contributed by atoms with Gasteiger partial charge in [0.2, 0.25) is 11.8 Å². The Balaban J connectivity index is 2.55. The maximum absolute atomic E-state index is 12.0. The summed E-state index contributed by atoms with van der Waals surface area (Å²) < 4.78 is 5.16. The fourth-order valence-electron chi connectivity index (χ4n) is 1.97. The number of carbonyl (C=O) groups excluding carboxylic acids is 1. The van der Waals surface area contributed by atoms with Gasteiger partial charge in [-0.05, 0) is 25.9 Å². The zero-order valence-corrected chi connectivity index (χ0v) is 13.3. The zero-order chi connectivity index (χ0) is 15.2. The molecule has 5 heteroatoms. The number of nitrogens with zero attached hydrogens (tertiary/aromatic N) is 2. The molecule has 0 atom stereocenters. The highest BCUT2D eigenvalue weighted by molar-refractivity contribution is 5.90. The molecule has 1 rings (SSSR count). The van der Waals surface area contributed by atoms with Crippen LogP contribution in [-0.4, -0.2) is 35.6 Å². The third-order valence-electron chi connectivity index (χ3n) is 2.99. The van der Waals surface area contributed by atoms with E-state index in [2.05, 4.69) is 50.0 Å². The van der Waals surface area contributed by atoms with Crippen LogP contribution in [0.1, 0.15) is 53.2 Å². The van der Waals surface area contributed by atoms with Crippen molar-refractivity contribution in [2.24, 2.45) is 0 Å². The lowest BCUT2D eigenvalue weighted by atomic mass is 9.92. The van der Waals surface area contributed by atoms with Crippen molar-refractivity contribution in [1.29, 1.82) is 0 Å². The molecular weight excluding hydrogens is 254 g/mol. The highest BCUT2D eigenvalue weighted by Gasteiger charge is 2.20. The van der Waals surface area contributed by atoms with Crippen LogP contribution in [0.5, 0.6) is 0 Å². The minimum atomic E-state index is -0.0804. The largest absolute Gasteiger partial charge is 0.338 e. The molecule has 5 nitrogen and oxygen atoms in total. The lowest BCUT2D eigenvalue weighted by Gasteiger charge is -2.19. The summed E-state index contributed by atoms with van der Waals surface area (Å²) >= 11 is 0. The molecule has 0 spiro atoms. The Morgan fingerprint density at radius 2 is 1.90 bits per heavy atom. The summed E-state index contributed by atoms with van der Waals surface area (Å²) in [6, 6.07) is 1.79. The lowest BCUT2D eigenvalue weighted by Crippen LogP contribution is -2.34. The van der Waals surface area contributed by atoms with Crippen molar-refractivity contribution >= 4 is 11.8 Å². The fourth-order valence-corrected chi connectivity index (χ4v) is 1.97. The molecule has 0 aliphatic heterocycles. The Kier molecular flexibility index (Phi) is 6.20. The number of aromatic nitrogens is 1. The lowest BCUT2D eigenvalue weighted by molar-refractivity contribution is -0.117. The minimum Gasteiger partial charge on any atom is -0.338 e. The summed E-state index contributed by atoms with van der Waals surface area (Å²) in [5.41, 5.74) is 0.759. The summed E-state index contributed by atoms with van der Waals surface area (Å²) in [4.78, 5) is 14.1. The van der Waals surface area contributed by atoms with Crippen molar-refractivity contribution in [3.8, 4) is 0 Å². The molecule has 1 aromatic heterocycles. The Labute approximate surface area is 121 Å². The van der Waals surface area contributed by atoms with Crippen molar-refractivity contribution in [2.75, 3.05) is 25.0 Å². The van der Waals surface area contributed by atoms with E-state index in [1.54, 1.807) is 6.07 Å². The van der Waals surface area contributed by atoms with Crippen LogP contribution in [0, 0.1) is 0 Å². The van der Waals surface area contributed by atoms with Crippen LogP contribution in [-0.2, 0) is 10.2 Å². The number of nitrogens with one attached hydrogen (secondary N) is 1. The summed E-state index contributed by atoms with van der Waals surface area (Å²) in [5, 5.41) is 6.76. The topological polar surface area (TPSA) is 58.4 Å². The molecule has 0 fully saturated rings. The fraction of sp³-hybridized carbons (Fsp3) is 0.733. The van der Waals surface area contributed by atoms with Crippen LogP contribution < -0.4 is 5.32 Å². The van der Waals surface area contributed by atoms with Crippen LogP contribution in [0.2, 0.25) is 0 Å². The SMILES string of the molecule is CCCN(CCC)CC(=O)Nc1cc(C(C)(C)C)no1. The van der Waals surface area contributed by atoms with Crippen molar-refractivity contribution in [2.45, 2.75) is 52.9 Å². The van der Waals surface area contributed by atoms with E-state index in [1.165, 1.54) is 0 Å². The van der Waals surface area contributed by atoms with Crippen LogP contribution in [0.25, 0.3) is 0 Å². The van der Waals surface area contributed by atoms with Crippen molar-refractivity contribution in [3.05, 3.63) is 11.8 Å². The van der Waals surface area contributed by atoms with Gasteiger partial charge in [0, 0.05) is 11.5 Å². The molecule has 0 saturated heterocycles. The van der Waals surface area contributed by atoms with Gasteiger partial charge in [0.1, 0.15) is 0 Å². The molecule has 1 amide bonds. The summed E-state index contributed by atoms with van der Waals surface area (Å²) in [6.07, 6.45) is 2.09. The monoisotopic (exact) mass is 281 g/mol. The van der Waals surface area contributed by atoms with Gasteiger partial charge in [-0.15, -0.1) is 0 Å². The van der Waals surface area contributed by atoms with E-state index in [1.807, 2.05) is 0 Å². The molecule has 114 valence electrons. The van der Waals surface area contributed by atoms with E-state index in [0.717, 1.165) is 31.6 Å². The number of carbonyl (C=O) groups is 1. The molecule has 0 saturated carbocycles. The average Bonchev–Trinajstić information content (AvgIpc) is 2.77. The number of hydrogen-bond acceptors (Lipinski definition) is 4. The predicted molar refractivity (Wildman–Crippen MR) is 80.9 cm³/mol. The van der Waals surface area contributed by atoms with E-state index >= 15 is 0 Å². The molecule has 0 radical (unpaired) electrons. The van der Waals surface area contributed by atoms with Gasteiger partial charge < -0.3 is 4.52 Å². The van der Waals surface area contributed by atoms with Crippen LogP contribution in [0.4, 0.5) is 5.88 Å². The second-order valence-electron chi connectivity index (χ2n) is 6.15. The molecule has 0 unspecified atom stereocenters. The second kappa shape index (κ2) is 7.43. The maximum atomic E-state index is 12.0. The average molecular weight is 281 g/mol. The van der Waals surface area contributed by atoms with Gasteiger partial charge in [0.15, 0.2) is 0 Å². The molecule has 1 N–H and O–H groups in total. The molecule has 20 heavy (non-hydrogen) atoms. The smallest absolute Gasteiger partial charge is 0.240 e. The van der Waals surface area contributed by atoms with Crippen molar-refractivity contribution in [3.63, 3.8) is 0 Å². The molecule has 0 bridgehead atoms. The number of rotatable bonds is 7. The van der Waals surface area contributed by atoms with Crippen LogP contribution in [0.3, 0.4) is 0 Å². The minimum absolute atomic E-state index is 0.0523. The van der Waals surface area contributed by atoms with Gasteiger partial charge in [-0.2, -0.15) is 0 Å². The van der Waals surface area contributed by atoms with E-state index in [-0.39, 0.29) is 11.3 Å². The molecular formula is C15H27N3O2. The van der Waals surface area contributed by atoms with Crippen LogP contribution in [0.15, 0.2) is 10.6 Å². The third-order valence-corrected chi connectivity index (χ3v) is 2.99. The zero-order valence-electron chi connectivity index (χ0n) is 13.3. The molecule has 0 aromatic carbocycles. The van der Waals surface area contributed by atoms with Gasteiger partial charge >= 0.3 is 0 Å². The normalized spacial score (nSPS) is 11.9. The highest BCUT2D eigenvalue weighted by atomic mass is 16.5. The Morgan fingerprint density at radius 1 is 1.30 bits per heavy atom. The highest BCUT2D eigenvalue weighted by Crippen LogP contribution is 2.23. The standard InChI is InChI=1S/C15H27N3O2/c1-6-8-18(9-7-2)11-13(19)16-14-10-12(17-20-14)15(3,4)5/h10H,6-9,11H2,1-5H3,(H,16,19). The van der Waals surface area contributed by atoms with E-state index in [9.17, 15) is 4.79 Å². The molecule has 1 aromatic rings. The quantitative estimate of drug-likeness (QED) is 0.834. The molecule has 0 aliphatic rings. The third kappa shape index (κ3) is 5.33. The van der Waals surface area contributed by atoms with Gasteiger partial charge in [0.05, 0.1) is 12.2 Å². The summed E-state index contributed by atoms with van der Waals surface area (Å²) in [6.45, 7) is 12.7. The first-order chi connectivity index (χ1) is 9.36. The second-order valence-corrected chi connectivity index (χ2v) is 6.15. The maximum Gasteiger partial charge on any atom is 0.240 e. The van der Waals surface area contributed by atoms with Gasteiger partial charge in [-0.3, -0.25) is 15.0 Å². The summed E-state index contributed by atoms with van der Waals surface area (Å²) in [7, 11) is 0. The van der Waals surface area contributed by atoms with Gasteiger partial charge in [-0.25, -0.2) is 0 Å². The Hall–Kier alpha value is -1.36.